The fourth-order valence-corrected chi connectivity index (χ4v) is 7.68. The molecule has 67 heavy (non-hydrogen) atoms. The minimum absolute atomic E-state index is 0.102. The van der Waals surface area contributed by atoms with E-state index >= 15 is 0 Å². The van der Waals surface area contributed by atoms with Gasteiger partial charge in [-0.3, -0.25) is 33.7 Å². The van der Waals surface area contributed by atoms with E-state index in [4.69, 9.17) is 25.8 Å². The number of halogens is 4. The van der Waals surface area contributed by atoms with Gasteiger partial charge in [-0.25, -0.2) is 32.0 Å². The Kier molecular flexibility index (Phi) is 13.9. The van der Waals surface area contributed by atoms with Crippen LogP contribution in [0.2, 0.25) is 5.02 Å². The van der Waals surface area contributed by atoms with Gasteiger partial charge in [-0.15, -0.1) is 5.10 Å². The average molecular weight is 949 g/mol. The molecule has 1 atom stereocenters. The molecule has 1 unspecified atom stereocenters. The van der Waals surface area contributed by atoms with Crippen molar-refractivity contribution >= 4 is 63.5 Å². The van der Waals surface area contributed by atoms with E-state index in [2.05, 4.69) is 36.3 Å². The van der Waals surface area contributed by atoms with Crippen LogP contribution in [0.3, 0.4) is 0 Å². The maximum atomic E-state index is 14.8. The van der Waals surface area contributed by atoms with Crippen LogP contribution in [0.25, 0.3) is 10.9 Å². The summed E-state index contributed by atoms with van der Waals surface area (Å²) in [4.78, 5) is 82.3. The van der Waals surface area contributed by atoms with Gasteiger partial charge >= 0.3 is 11.4 Å². The summed E-state index contributed by atoms with van der Waals surface area (Å²) < 4.78 is 64.0. The standard InChI is InChI=1S/C42H40ClF3N12O9/c1-54-17-24-14-34(28(43)15-33(24)52-54)48-40-50-41(63)58(42(64)57(40)18-23-13-30(45)31(46)16-29(23)44)20-25-19-55(53-51-25)7-8-65-9-10-66-11-12-67-22-37(60)47-32-4-2-3-26-27(32)21-56(39(26)62)35-5-6-36(59)49-38(35)61/h2-4,13-17,19,35H,5-12,18,20-22H2,1H3,(H,47,60)(H,48,50,63)(H,49,59,61). The predicted octanol–water partition coefficient (Wildman–Crippen LogP) is 2.24. The Balaban J connectivity index is 0.788. The lowest BCUT2D eigenvalue weighted by Gasteiger charge is -2.29. The van der Waals surface area contributed by atoms with Crippen LogP contribution in [0.15, 0.2) is 64.4 Å². The van der Waals surface area contributed by atoms with Gasteiger partial charge in [0.05, 0.1) is 75.1 Å². The number of carbonyl (C=O) groups is 4. The Morgan fingerprint density at radius 1 is 0.896 bits per heavy atom. The topological polar surface area (TPSA) is 241 Å². The highest BCUT2D eigenvalue weighted by Crippen LogP contribution is 2.33. The molecule has 0 radical (unpaired) electrons. The first kappa shape index (κ1) is 46.3. The van der Waals surface area contributed by atoms with Crippen LogP contribution in [0.4, 0.5) is 30.5 Å². The Bertz CT molecular complexity index is 3030. The zero-order chi connectivity index (χ0) is 47.4. The molecule has 21 nitrogen and oxygen atoms in total. The summed E-state index contributed by atoms with van der Waals surface area (Å²) in [5.41, 5.74) is -0.0467. The molecule has 3 aromatic heterocycles. The van der Waals surface area contributed by atoms with Crippen molar-refractivity contribution < 1.29 is 46.6 Å². The lowest BCUT2D eigenvalue weighted by Crippen LogP contribution is -2.52. The van der Waals surface area contributed by atoms with E-state index in [1.165, 1.54) is 15.8 Å². The van der Waals surface area contributed by atoms with E-state index in [-0.39, 0.29) is 99.7 Å². The van der Waals surface area contributed by atoms with Crippen molar-refractivity contribution in [3.63, 3.8) is 0 Å². The second-order valence-corrected chi connectivity index (χ2v) is 15.8. The first-order chi connectivity index (χ1) is 32.2. The van der Waals surface area contributed by atoms with E-state index in [1.807, 2.05) is 0 Å². The fourth-order valence-electron chi connectivity index (χ4n) is 7.48. The van der Waals surface area contributed by atoms with Crippen molar-refractivity contribution in [1.82, 2.24) is 49.1 Å². The molecule has 8 rings (SSSR count). The fraction of sp³-hybridized carbons (Fsp3) is 0.333. The first-order valence-electron chi connectivity index (χ1n) is 20.7. The Morgan fingerprint density at radius 3 is 2.45 bits per heavy atom. The highest BCUT2D eigenvalue weighted by molar-refractivity contribution is 6.34. The highest BCUT2D eigenvalue weighted by Gasteiger charge is 2.40. The number of aryl methyl sites for hydroxylation is 1. The maximum absolute atomic E-state index is 14.8. The van der Waals surface area contributed by atoms with E-state index in [0.29, 0.717) is 39.8 Å². The molecule has 350 valence electrons. The number of rotatable bonds is 19. The largest absolute Gasteiger partial charge is 0.377 e. The average Bonchev–Trinajstić information content (AvgIpc) is 3.99. The van der Waals surface area contributed by atoms with Crippen LogP contribution in [-0.2, 0) is 61.8 Å². The quantitative estimate of drug-likeness (QED) is 0.0600. The number of ether oxygens (including phenoxy) is 3. The number of imide groups is 1. The van der Waals surface area contributed by atoms with Crippen molar-refractivity contribution in [2.24, 2.45) is 7.05 Å². The first-order valence-corrected chi connectivity index (χ1v) is 21.0. The number of anilines is 3. The van der Waals surface area contributed by atoms with Gasteiger partial charge < -0.3 is 29.7 Å². The highest BCUT2D eigenvalue weighted by atomic mass is 35.5. The summed E-state index contributed by atoms with van der Waals surface area (Å²) in [6.07, 6.45) is 3.54. The van der Waals surface area contributed by atoms with Gasteiger partial charge in [-0.1, -0.05) is 22.9 Å². The molecule has 0 spiro atoms. The molecular weight excluding hydrogens is 909 g/mol. The molecule has 2 aliphatic heterocycles. The van der Waals surface area contributed by atoms with Gasteiger partial charge in [-0.05, 0) is 36.8 Å². The van der Waals surface area contributed by atoms with E-state index in [1.54, 1.807) is 48.3 Å². The molecule has 5 heterocycles. The lowest BCUT2D eigenvalue weighted by molar-refractivity contribution is -0.137. The van der Waals surface area contributed by atoms with E-state index in [9.17, 15) is 41.9 Å². The number of amides is 4. The van der Waals surface area contributed by atoms with E-state index < -0.39 is 65.3 Å². The second-order valence-electron chi connectivity index (χ2n) is 15.4. The number of fused-ring (bicyclic) bond motifs is 2. The summed E-state index contributed by atoms with van der Waals surface area (Å²) in [5, 5.41) is 21.0. The molecule has 1 fully saturated rings. The molecule has 3 N–H and O–H groups in total. The Morgan fingerprint density at radius 2 is 1.66 bits per heavy atom. The third kappa shape index (κ3) is 10.6. The number of carbonyl (C=O) groups excluding carboxylic acids is 4. The molecule has 25 heteroatoms. The van der Waals surface area contributed by atoms with Crippen molar-refractivity contribution in [3.05, 3.63) is 121 Å². The van der Waals surface area contributed by atoms with Crippen molar-refractivity contribution in [2.75, 3.05) is 50.3 Å². The molecular formula is C42H40ClF3N12O9. The van der Waals surface area contributed by atoms with Crippen LogP contribution in [-0.4, -0.2) is 113 Å². The summed E-state index contributed by atoms with van der Waals surface area (Å²) in [6, 6.07) is 8.23. The lowest BCUT2D eigenvalue weighted by atomic mass is 10.0. The number of hydrogen-bond donors (Lipinski definition) is 3. The number of piperidine rings is 1. The third-order valence-electron chi connectivity index (χ3n) is 10.7. The number of nitrogens with one attached hydrogen (secondary N) is 3. The summed E-state index contributed by atoms with van der Waals surface area (Å²) >= 11 is 6.48. The smallest absolute Gasteiger partial charge is 0.355 e. The molecule has 0 saturated carbocycles. The number of benzene rings is 3. The molecule has 0 bridgehead atoms. The second kappa shape index (κ2) is 20.1. The molecule has 2 aliphatic rings. The zero-order valence-electron chi connectivity index (χ0n) is 35.5. The Hall–Kier alpha value is -7.28. The summed E-state index contributed by atoms with van der Waals surface area (Å²) in [6.45, 7) is -0.132. The van der Waals surface area contributed by atoms with E-state index in [0.717, 1.165) is 9.13 Å². The van der Waals surface area contributed by atoms with Crippen molar-refractivity contribution in [2.45, 2.75) is 45.1 Å². The minimum Gasteiger partial charge on any atom is -0.377 e. The molecule has 0 aliphatic carbocycles. The van der Waals surface area contributed by atoms with Gasteiger partial charge in [0.1, 0.15) is 24.2 Å². The SMILES string of the molecule is Cn1cc2cc(Nc3nc(=O)n(Cc4cn(CCOCCOCCOCC(=O)Nc5cccc6c5CN(C5CCC(=O)NC5=O)C6=O)nn4)c(=O)n3Cc3cc(F)c(F)cc3F)c(Cl)cc2n1. The van der Waals surface area contributed by atoms with Gasteiger partial charge in [0, 0.05) is 60.0 Å². The Labute approximate surface area is 381 Å². The number of aromatic nitrogens is 8. The zero-order valence-corrected chi connectivity index (χ0v) is 36.2. The van der Waals surface area contributed by atoms with Gasteiger partial charge in [0.25, 0.3) is 5.91 Å². The monoisotopic (exact) mass is 948 g/mol. The van der Waals surface area contributed by atoms with Crippen LogP contribution in [0, 0.1) is 17.5 Å². The normalized spacial score (nSPS) is 14.8. The van der Waals surface area contributed by atoms with Crippen LogP contribution < -0.4 is 27.3 Å². The van der Waals surface area contributed by atoms with Crippen molar-refractivity contribution in [3.8, 4) is 0 Å². The van der Waals surface area contributed by atoms with Crippen LogP contribution in [0.5, 0.6) is 0 Å². The molecule has 4 amide bonds. The molecule has 6 aromatic rings. The summed E-state index contributed by atoms with van der Waals surface area (Å²) in [7, 11) is 1.71. The van der Waals surface area contributed by atoms with Crippen LogP contribution >= 0.6 is 11.6 Å². The molecule has 1 saturated heterocycles. The summed E-state index contributed by atoms with van der Waals surface area (Å²) in [5.74, 6) is -5.97. The van der Waals surface area contributed by atoms with Crippen molar-refractivity contribution in [1.29, 1.82) is 0 Å². The predicted molar refractivity (Wildman–Crippen MR) is 230 cm³/mol. The number of nitrogens with zero attached hydrogens (tertiary/aromatic N) is 9. The minimum atomic E-state index is -1.42. The maximum Gasteiger partial charge on any atom is 0.355 e. The van der Waals surface area contributed by atoms with Crippen LogP contribution in [0.1, 0.15) is 40.0 Å². The van der Waals surface area contributed by atoms with Gasteiger partial charge in [0.2, 0.25) is 23.7 Å². The molecule has 3 aromatic carbocycles. The third-order valence-corrected chi connectivity index (χ3v) is 11.0. The van der Waals surface area contributed by atoms with Gasteiger partial charge in [-0.2, -0.15) is 10.1 Å². The van der Waals surface area contributed by atoms with Gasteiger partial charge in [0.15, 0.2) is 11.6 Å². The number of hydrogen-bond acceptors (Lipinski definition) is 14.